The number of carbonyl (C=O) groups excluding carboxylic acids is 2. The number of ether oxygens (including phenoxy) is 1. The van der Waals surface area contributed by atoms with E-state index in [2.05, 4.69) is 20.1 Å². The van der Waals surface area contributed by atoms with Crippen molar-refractivity contribution in [3.05, 3.63) is 89.5 Å². The summed E-state index contributed by atoms with van der Waals surface area (Å²) >= 11 is 0. The molecule has 2 aliphatic carbocycles. The second-order valence-corrected chi connectivity index (χ2v) is 12.4. The summed E-state index contributed by atoms with van der Waals surface area (Å²) in [6, 6.07) is 5.47. The minimum absolute atomic E-state index is 0.0899. The van der Waals surface area contributed by atoms with Crippen LogP contribution in [0.1, 0.15) is 59.3 Å². The molecule has 0 radical (unpaired) electrons. The molecular formula is C33H26F4N8O4. The van der Waals surface area contributed by atoms with Gasteiger partial charge in [0.1, 0.15) is 17.4 Å². The zero-order chi connectivity index (χ0) is 34.2. The van der Waals surface area contributed by atoms with Gasteiger partial charge in [-0.3, -0.25) is 19.5 Å². The molecular weight excluding hydrogens is 648 g/mol. The average molecular weight is 675 g/mol. The minimum atomic E-state index is -4.37. The van der Waals surface area contributed by atoms with E-state index in [0.717, 1.165) is 31.4 Å². The Kier molecular flexibility index (Phi) is 6.92. The molecule has 3 aliphatic rings. The van der Waals surface area contributed by atoms with Crippen molar-refractivity contribution in [1.29, 1.82) is 0 Å². The Hall–Kier alpha value is -5.51. The molecule has 5 heterocycles. The number of rotatable bonds is 9. The first-order valence-electron chi connectivity index (χ1n) is 15.5. The first-order valence-corrected chi connectivity index (χ1v) is 15.5. The highest BCUT2D eigenvalue weighted by Gasteiger charge is 2.53. The third-order valence-electron chi connectivity index (χ3n) is 9.19. The Morgan fingerprint density at radius 1 is 1.04 bits per heavy atom. The zero-order valence-corrected chi connectivity index (χ0v) is 25.5. The summed E-state index contributed by atoms with van der Waals surface area (Å²) in [5.41, 5.74) is 7.12. The number of nitrogens with zero attached hydrogens (tertiary/aromatic N) is 7. The predicted octanol–water partition coefficient (Wildman–Crippen LogP) is 4.20. The number of aliphatic hydroxyl groups is 1. The summed E-state index contributed by atoms with van der Waals surface area (Å²) in [6.45, 7) is -0.875. The molecule has 0 bridgehead atoms. The van der Waals surface area contributed by atoms with Gasteiger partial charge in [0.15, 0.2) is 23.0 Å². The third kappa shape index (κ3) is 5.05. The largest absolute Gasteiger partial charge is 0.483 e. The van der Waals surface area contributed by atoms with Crippen molar-refractivity contribution in [2.75, 3.05) is 11.5 Å². The Morgan fingerprint density at radius 2 is 1.78 bits per heavy atom. The molecule has 12 nitrogen and oxygen atoms in total. The lowest BCUT2D eigenvalue weighted by molar-refractivity contribution is -0.193. The lowest BCUT2D eigenvalue weighted by Gasteiger charge is -2.37. The highest BCUT2D eigenvalue weighted by atomic mass is 19.3. The van der Waals surface area contributed by atoms with E-state index in [1.165, 1.54) is 30.5 Å². The van der Waals surface area contributed by atoms with Crippen molar-refractivity contribution in [3.8, 4) is 16.9 Å². The second kappa shape index (κ2) is 11.0. The number of fused-ring (bicyclic) bond motifs is 2. The number of aliphatic hydroxyl groups excluding tert-OH is 1. The summed E-state index contributed by atoms with van der Waals surface area (Å²) in [6.07, 6.45) is 3.43. The topological polar surface area (TPSA) is 162 Å². The van der Waals surface area contributed by atoms with Gasteiger partial charge in [-0.2, -0.15) is 13.9 Å². The maximum atomic E-state index is 15.2. The fourth-order valence-electron chi connectivity index (χ4n) is 6.52. The number of amides is 2. The number of hydrogen-bond donors (Lipinski definition) is 2. The summed E-state index contributed by atoms with van der Waals surface area (Å²) in [7, 11) is 0. The monoisotopic (exact) mass is 674 g/mol. The smallest absolute Gasteiger partial charge is 0.423 e. The quantitative estimate of drug-likeness (QED) is 0.218. The molecule has 5 aromatic rings. The third-order valence-corrected chi connectivity index (χ3v) is 9.19. The normalized spacial score (nSPS) is 18.2. The maximum Gasteiger partial charge on any atom is 0.483 e. The molecule has 4 aromatic heterocycles. The van der Waals surface area contributed by atoms with Crippen LogP contribution >= 0.6 is 0 Å². The molecule has 49 heavy (non-hydrogen) atoms. The van der Waals surface area contributed by atoms with Crippen LogP contribution in [-0.2, 0) is 16.8 Å². The van der Waals surface area contributed by atoms with Crippen LogP contribution in [0.15, 0.2) is 55.1 Å². The predicted molar refractivity (Wildman–Crippen MR) is 163 cm³/mol. The molecule has 250 valence electrons. The summed E-state index contributed by atoms with van der Waals surface area (Å²) in [5, 5.41) is 15.2. The van der Waals surface area contributed by atoms with Crippen LogP contribution < -0.4 is 15.4 Å². The van der Waals surface area contributed by atoms with Gasteiger partial charge in [0, 0.05) is 10.9 Å². The molecule has 1 atom stereocenters. The van der Waals surface area contributed by atoms with E-state index in [1.807, 2.05) is 0 Å². The molecule has 2 amide bonds. The number of carbonyl (C=O) groups is 2. The van der Waals surface area contributed by atoms with Crippen LogP contribution in [0.2, 0.25) is 0 Å². The fraction of sp³-hybridized carbons (Fsp3) is 0.303. The van der Waals surface area contributed by atoms with E-state index in [9.17, 15) is 23.5 Å². The van der Waals surface area contributed by atoms with E-state index < -0.39 is 53.5 Å². The van der Waals surface area contributed by atoms with Crippen molar-refractivity contribution in [3.63, 3.8) is 0 Å². The number of primary amides is 1. The van der Waals surface area contributed by atoms with Crippen LogP contribution in [0.3, 0.4) is 0 Å². The van der Waals surface area contributed by atoms with Crippen molar-refractivity contribution in [1.82, 2.24) is 29.7 Å². The molecule has 1 aliphatic heterocycles. The molecule has 0 unspecified atom stereocenters. The van der Waals surface area contributed by atoms with Crippen molar-refractivity contribution < 1.29 is 37.0 Å². The standard InChI is InChI=1S/C33H26F4N8O4/c34-18-4-6-25(39-11-18)32(7-8-32)45-30-20(14-42-45)26(27(28(38)47)21(43-30)9-16-1-2-16)17-3-5-22-24(10-17)49-33(36,37)31(48)44(22)23(15-46)29-40-12-19(35)13-41-29/h3-6,10-14,16,23,46H,1-2,7-9,15H2,(H2,38,47)/t23-/m1/s1. The Labute approximate surface area is 274 Å². The molecule has 3 N–H and O–H groups in total. The Bertz CT molecular complexity index is 2150. The van der Waals surface area contributed by atoms with Gasteiger partial charge in [-0.25, -0.2) is 28.4 Å². The summed E-state index contributed by atoms with van der Waals surface area (Å²) < 4.78 is 64.4. The van der Waals surface area contributed by atoms with Gasteiger partial charge in [0.05, 0.1) is 54.0 Å². The molecule has 0 saturated heterocycles. The van der Waals surface area contributed by atoms with Crippen molar-refractivity contribution in [2.45, 2.75) is 49.8 Å². The number of halogens is 4. The zero-order valence-electron chi connectivity index (χ0n) is 25.5. The minimum Gasteiger partial charge on any atom is -0.423 e. The number of pyridine rings is 2. The van der Waals surface area contributed by atoms with E-state index in [1.54, 1.807) is 10.7 Å². The number of aromatic nitrogens is 6. The lowest BCUT2D eigenvalue weighted by Crippen LogP contribution is -2.53. The van der Waals surface area contributed by atoms with Crippen LogP contribution in [0.25, 0.3) is 22.2 Å². The van der Waals surface area contributed by atoms with Gasteiger partial charge < -0.3 is 15.6 Å². The van der Waals surface area contributed by atoms with Crippen molar-refractivity contribution in [2.24, 2.45) is 11.7 Å². The van der Waals surface area contributed by atoms with Gasteiger partial charge in [0.25, 0.3) is 5.91 Å². The molecule has 2 fully saturated rings. The molecule has 16 heteroatoms. The fourth-order valence-corrected chi connectivity index (χ4v) is 6.52. The average Bonchev–Trinajstić information content (AvgIpc) is 4.01. The first kappa shape index (κ1) is 30.8. The Morgan fingerprint density at radius 3 is 2.41 bits per heavy atom. The van der Waals surface area contributed by atoms with Crippen LogP contribution in [-0.4, -0.2) is 59.4 Å². The Balaban J connectivity index is 1.31. The van der Waals surface area contributed by atoms with Crippen LogP contribution in [0.5, 0.6) is 5.75 Å². The van der Waals surface area contributed by atoms with Gasteiger partial charge in [-0.15, -0.1) is 0 Å². The number of benzene rings is 1. The number of anilines is 1. The highest BCUT2D eigenvalue weighted by Crippen LogP contribution is 2.51. The van der Waals surface area contributed by atoms with Gasteiger partial charge >= 0.3 is 12.0 Å². The number of nitrogens with two attached hydrogens (primary N) is 1. The molecule has 8 rings (SSSR count). The van der Waals surface area contributed by atoms with Gasteiger partial charge in [-0.05, 0) is 67.9 Å². The van der Waals surface area contributed by atoms with Crippen LogP contribution in [0, 0.1) is 17.6 Å². The van der Waals surface area contributed by atoms with Crippen molar-refractivity contribution >= 4 is 28.5 Å². The van der Waals surface area contributed by atoms with Gasteiger partial charge in [0.2, 0.25) is 0 Å². The van der Waals surface area contributed by atoms with E-state index in [0.29, 0.717) is 46.6 Å². The van der Waals surface area contributed by atoms with Crippen LogP contribution in [0.4, 0.5) is 23.2 Å². The van der Waals surface area contributed by atoms with E-state index >= 15 is 8.78 Å². The SMILES string of the molecule is NC(=O)c1c(CC2CC2)nc2c(cnn2C2(c3ccc(F)cn3)CC2)c1-c1ccc2c(c1)OC(F)(F)C(=O)N2[C@H](CO)c1ncc(F)cn1. The number of alkyl halides is 2. The summed E-state index contributed by atoms with van der Waals surface area (Å²) in [4.78, 5) is 43.6. The second-order valence-electron chi connectivity index (χ2n) is 12.4. The van der Waals surface area contributed by atoms with Gasteiger partial charge in [-0.1, -0.05) is 6.07 Å². The van der Waals surface area contributed by atoms with E-state index in [-0.39, 0.29) is 34.1 Å². The molecule has 0 spiro atoms. The number of hydrogen-bond acceptors (Lipinski definition) is 9. The first-order chi connectivity index (χ1) is 23.5. The van der Waals surface area contributed by atoms with E-state index in [4.69, 9.17) is 15.5 Å². The highest BCUT2D eigenvalue weighted by molar-refractivity contribution is 6.09. The maximum absolute atomic E-state index is 15.2. The molecule has 2 saturated carbocycles. The lowest BCUT2D eigenvalue weighted by atomic mass is 9.93. The summed E-state index contributed by atoms with van der Waals surface area (Å²) in [5.74, 6) is -4.32. The molecule has 1 aromatic carbocycles.